The van der Waals surface area contributed by atoms with Gasteiger partial charge in [0, 0.05) is 12.6 Å². The molecule has 4 heteroatoms. The molecule has 1 aromatic carbocycles. The molecule has 118 valence electrons. The van der Waals surface area contributed by atoms with Crippen LogP contribution in [-0.4, -0.2) is 33.0 Å². The van der Waals surface area contributed by atoms with Crippen molar-refractivity contribution in [2.45, 2.75) is 45.3 Å². The van der Waals surface area contributed by atoms with Crippen molar-refractivity contribution in [3.63, 3.8) is 0 Å². The van der Waals surface area contributed by atoms with Gasteiger partial charge in [0.25, 0.3) is 0 Å². The highest BCUT2D eigenvalue weighted by Crippen LogP contribution is 2.30. The molecule has 2 unspecified atom stereocenters. The number of nitrogens with one attached hydrogen (secondary N) is 1. The van der Waals surface area contributed by atoms with Gasteiger partial charge in [-0.25, -0.2) is 0 Å². The van der Waals surface area contributed by atoms with E-state index in [1.807, 2.05) is 12.1 Å². The lowest BCUT2D eigenvalue weighted by Crippen LogP contribution is -2.25. The molecule has 1 fully saturated rings. The van der Waals surface area contributed by atoms with E-state index in [0.717, 1.165) is 37.5 Å². The third kappa shape index (κ3) is 4.61. The Bertz CT molecular complexity index is 430. The molecule has 0 bridgehead atoms. The summed E-state index contributed by atoms with van der Waals surface area (Å²) in [6, 6.07) is 6.43. The molecular weight excluding hydrogens is 266 g/mol. The average Bonchev–Trinajstić information content (AvgIpc) is 2.54. The largest absolute Gasteiger partial charge is 0.493 e. The second kappa shape index (κ2) is 8.25. The van der Waals surface area contributed by atoms with Gasteiger partial charge in [0.2, 0.25) is 0 Å². The number of ether oxygens (including phenoxy) is 3. The van der Waals surface area contributed by atoms with Gasteiger partial charge in [-0.1, -0.05) is 13.0 Å². The smallest absolute Gasteiger partial charge is 0.161 e. The Kier molecular flexibility index (Phi) is 6.33. The summed E-state index contributed by atoms with van der Waals surface area (Å²) in [5.41, 5.74) is 1.20. The van der Waals surface area contributed by atoms with E-state index in [4.69, 9.17) is 14.2 Å². The molecule has 0 spiro atoms. The van der Waals surface area contributed by atoms with Gasteiger partial charge in [-0.05, 0) is 50.4 Å². The molecular formula is C17H27NO3. The second-order valence-corrected chi connectivity index (χ2v) is 5.49. The van der Waals surface area contributed by atoms with E-state index in [9.17, 15) is 0 Å². The van der Waals surface area contributed by atoms with E-state index < -0.39 is 0 Å². The SMILES string of the molecule is CCNC(C)c1ccc(OCC2CCCCO2)c(OC)c1. The maximum atomic E-state index is 5.89. The first-order valence-corrected chi connectivity index (χ1v) is 7.90. The van der Waals surface area contributed by atoms with Crippen molar-refractivity contribution in [2.24, 2.45) is 0 Å². The number of benzene rings is 1. The predicted octanol–water partition coefficient (Wildman–Crippen LogP) is 3.31. The standard InChI is InChI=1S/C17H27NO3/c1-4-18-13(2)14-8-9-16(17(11-14)19-3)21-12-15-7-5-6-10-20-15/h8-9,11,13,15,18H,4-7,10,12H2,1-3H3. The summed E-state index contributed by atoms with van der Waals surface area (Å²) in [4.78, 5) is 0. The fourth-order valence-electron chi connectivity index (χ4n) is 2.62. The summed E-state index contributed by atoms with van der Waals surface area (Å²) in [7, 11) is 1.68. The summed E-state index contributed by atoms with van der Waals surface area (Å²) < 4.78 is 17.0. The van der Waals surface area contributed by atoms with Crippen LogP contribution in [0.4, 0.5) is 0 Å². The fraction of sp³-hybridized carbons (Fsp3) is 0.647. The summed E-state index contributed by atoms with van der Waals surface area (Å²) in [6.07, 6.45) is 3.68. The van der Waals surface area contributed by atoms with E-state index in [1.165, 1.54) is 12.0 Å². The molecule has 0 saturated carbocycles. The third-order valence-electron chi connectivity index (χ3n) is 3.90. The van der Waals surface area contributed by atoms with Gasteiger partial charge in [-0.2, -0.15) is 0 Å². The Labute approximate surface area is 127 Å². The van der Waals surface area contributed by atoms with Crippen molar-refractivity contribution in [2.75, 3.05) is 26.9 Å². The molecule has 2 atom stereocenters. The Hall–Kier alpha value is -1.26. The van der Waals surface area contributed by atoms with Crippen molar-refractivity contribution >= 4 is 0 Å². The first-order valence-electron chi connectivity index (χ1n) is 7.90. The molecule has 0 amide bonds. The van der Waals surface area contributed by atoms with Gasteiger partial charge in [0.05, 0.1) is 13.2 Å². The van der Waals surface area contributed by atoms with Gasteiger partial charge in [0.15, 0.2) is 11.5 Å². The maximum Gasteiger partial charge on any atom is 0.161 e. The first kappa shape index (κ1) is 16.1. The molecule has 2 rings (SSSR count). The van der Waals surface area contributed by atoms with Crippen LogP contribution in [-0.2, 0) is 4.74 Å². The Morgan fingerprint density at radius 2 is 2.19 bits per heavy atom. The second-order valence-electron chi connectivity index (χ2n) is 5.49. The van der Waals surface area contributed by atoms with Gasteiger partial charge >= 0.3 is 0 Å². The van der Waals surface area contributed by atoms with Gasteiger partial charge in [0.1, 0.15) is 6.61 Å². The van der Waals surface area contributed by atoms with E-state index >= 15 is 0 Å². The number of rotatable bonds is 7. The molecule has 1 aromatic rings. The van der Waals surface area contributed by atoms with Crippen molar-refractivity contribution in [3.8, 4) is 11.5 Å². The van der Waals surface area contributed by atoms with Crippen LogP contribution in [0.25, 0.3) is 0 Å². The molecule has 1 aliphatic heterocycles. The van der Waals surface area contributed by atoms with Crippen molar-refractivity contribution in [1.29, 1.82) is 0 Å². The maximum absolute atomic E-state index is 5.89. The molecule has 1 aliphatic rings. The molecule has 1 heterocycles. The molecule has 0 aliphatic carbocycles. The van der Waals surface area contributed by atoms with Crippen LogP contribution in [0.15, 0.2) is 18.2 Å². The van der Waals surface area contributed by atoms with Crippen LogP contribution in [0.2, 0.25) is 0 Å². The van der Waals surface area contributed by atoms with Gasteiger partial charge in [-0.15, -0.1) is 0 Å². The molecule has 0 radical (unpaired) electrons. The van der Waals surface area contributed by atoms with E-state index in [-0.39, 0.29) is 6.10 Å². The summed E-state index contributed by atoms with van der Waals surface area (Å²) >= 11 is 0. The van der Waals surface area contributed by atoms with E-state index in [1.54, 1.807) is 7.11 Å². The molecule has 1 saturated heterocycles. The zero-order valence-electron chi connectivity index (χ0n) is 13.4. The van der Waals surface area contributed by atoms with Crippen molar-refractivity contribution in [3.05, 3.63) is 23.8 Å². The van der Waals surface area contributed by atoms with E-state index in [2.05, 4.69) is 25.2 Å². The minimum Gasteiger partial charge on any atom is -0.493 e. The quantitative estimate of drug-likeness (QED) is 0.837. The molecule has 0 aromatic heterocycles. The van der Waals surface area contributed by atoms with Crippen molar-refractivity contribution < 1.29 is 14.2 Å². The lowest BCUT2D eigenvalue weighted by Gasteiger charge is -2.23. The highest BCUT2D eigenvalue weighted by Gasteiger charge is 2.16. The summed E-state index contributed by atoms with van der Waals surface area (Å²) in [6.45, 7) is 6.65. The van der Waals surface area contributed by atoms with Crippen LogP contribution in [0.3, 0.4) is 0 Å². The zero-order chi connectivity index (χ0) is 15.1. The van der Waals surface area contributed by atoms with Crippen LogP contribution >= 0.6 is 0 Å². The third-order valence-corrected chi connectivity index (χ3v) is 3.90. The lowest BCUT2D eigenvalue weighted by atomic mass is 10.1. The molecule has 1 N–H and O–H groups in total. The minimum atomic E-state index is 0.212. The Morgan fingerprint density at radius 1 is 1.33 bits per heavy atom. The van der Waals surface area contributed by atoms with Crippen LogP contribution in [0.5, 0.6) is 11.5 Å². The highest BCUT2D eigenvalue weighted by molar-refractivity contribution is 5.43. The van der Waals surface area contributed by atoms with Gasteiger partial charge < -0.3 is 19.5 Å². The fourth-order valence-corrected chi connectivity index (χ4v) is 2.62. The summed E-state index contributed by atoms with van der Waals surface area (Å²) in [5.74, 6) is 1.58. The van der Waals surface area contributed by atoms with Crippen LogP contribution in [0, 0.1) is 0 Å². The Balaban J connectivity index is 1.98. The predicted molar refractivity (Wildman–Crippen MR) is 84.2 cm³/mol. The topological polar surface area (TPSA) is 39.7 Å². The normalized spacial score (nSPS) is 20.0. The first-order chi connectivity index (χ1) is 10.2. The molecule has 21 heavy (non-hydrogen) atoms. The number of methoxy groups -OCH3 is 1. The minimum absolute atomic E-state index is 0.212. The van der Waals surface area contributed by atoms with Crippen LogP contribution < -0.4 is 14.8 Å². The summed E-state index contributed by atoms with van der Waals surface area (Å²) in [5, 5.41) is 3.40. The average molecular weight is 293 g/mol. The lowest BCUT2D eigenvalue weighted by molar-refractivity contribution is -0.0114. The van der Waals surface area contributed by atoms with Gasteiger partial charge in [-0.3, -0.25) is 0 Å². The zero-order valence-corrected chi connectivity index (χ0v) is 13.4. The number of hydrogen-bond acceptors (Lipinski definition) is 4. The van der Waals surface area contributed by atoms with E-state index in [0.29, 0.717) is 12.6 Å². The van der Waals surface area contributed by atoms with Crippen LogP contribution in [0.1, 0.15) is 44.7 Å². The van der Waals surface area contributed by atoms with Crippen molar-refractivity contribution in [1.82, 2.24) is 5.32 Å². The highest BCUT2D eigenvalue weighted by atomic mass is 16.5. The Morgan fingerprint density at radius 3 is 2.86 bits per heavy atom. The monoisotopic (exact) mass is 293 g/mol. The number of hydrogen-bond donors (Lipinski definition) is 1. The molecule has 4 nitrogen and oxygen atoms in total.